The van der Waals surface area contributed by atoms with Crippen LogP contribution in [0.2, 0.25) is 0 Å². The van der Waals surface area contributed by atoms with E-state index in [0.717, 1.165) is 72.2 Å². The Morgan fingerprint density at radius 1 is 1.05 bits per heavy atom. The van der Waals surface area contributed by atoms with Gasteiger partial charge >= 0.3 is 0 Å². The number of benzene rings is 2. The van der Waals surface area contributed by atoms with Crippen LogP contribution in [0.4, 0.5) is 4.39 Å². The van der Waals surface area contributed by atoms with Crippen LogP contribution in [0.1, 0.15) is 80.0 Å². The monoisotopic (exact) mass is 568 g/mol. The van der Waals surface area contributed by atoms with E-state index >= 15 is 4.39 Å². The number of pyridine rings is 1. The van der Waals surface area contributed by atoms with Gasteiger partial charge in [0, 0.05) is 42.7 Å². The summed E-state index contributed by atoms with van der Waals surface area (Å²) in [5.41, 5.74) is 7.85. The summed E-state index contributed by atoms with van der Waals surface area (Å²) in [6.07, 6.45) is 9.73. The summed E-state index contributed by atoms with van der Waals surface area (Å²) >= 11 is 0. The molecule has 3 aromatic rings. The molecule has 5 nitrogen and oxygen atoms in total. The normalized spacial score (nSPS) is 13.2. The molecule has 0 bridgehead atoms. The summed E-state index contributed by atoms with van der Waals surface area (Å²) < 4.78 is 15.4. The smallest absolute Gasteiger partial charge is 0.243 e. The van der Waals surface area contributed by atoms with E-state index in [1.54, 1.807) is 7.05 Å². The van der Waals surface area contributed by atoms with Crippen LogP contribution >= 0.6 is 0 Å². The van der Waals surface area contributed by atoms with Crippen molar-refractivity contribution >= 4 is 23.0 Å². The van der Waals surface area contributed by atoms with E-state index in [-0.39, 0.29) is 11.9 Å². The van der Waals surface area contributed by atoms with Crippen LogP contribution in [0.5, 0.6) is 0 Å². The number of carbonyl (C=O) groups excluding carboxylic acids is 1. The Labute approximate surface area is 251 Å². The molecule has 1 atom stereocenters. The molecule has 0 aliphatic heterocycles. The van der Waals surface area contributed by atoms with Crippen LogP contribution in [-0.4, -0.2) is 43.0 Å². The highest BCUT2D eigenvalue weighted by Crippen LogP contribution is 2.36. The second kappa shape index (κ2) is 17.1. The van der Waals surface area contributed by atoms with Crippen molar-refractivity contribution in [3.8, 4) is 0 Å². The predicted molar refractivity (Wildman–Crippen MR) is 174 cm³/mol. The Balaban J connectivity index is 1.94. The first-order chi connectivity index (χ1) is 20.4. The maximum absolute atomic E-state index is 15.4. The average molecular weight is 569 g/mol. The molecule has 42 heavy (non-hydrogen) atoms. The average Bonchev–Trinajstić information content (AvgIpc) is 3.01. The highest BCUT2D eigenvalue weighted by molar-refractivity contribution is 6.01. The van der Waals surface area contributed by atoms with Gasteiger partial charge in [0.2, 0.25) is 11.9 Å². The van der Waals surface area contributed by atoms with Gasteiger partial charge in [0.1, 0.15) is 0 Å². The minimum absolute atomic E-state index is 0.0750. The maximum Gasteiger partial charge on any atom is 0.243 e. The Morgan fingerprint density at radius 2 is 1.81 bits per heavy atom. The summed E-state index contributed by atoms with van der Waals surface area (Å²) in [5.74, 6) is -0.513. The zero-order chi connectivity index (χ0) is 30.3. The van der Waals surface area contributed by atoms with Gasteiger partial charge in [-0.1, -0.05) is 74.9 Å². The minimum atomic E-state index is -0.411. The summed E-state index contributed by atoms with van der Waals surface area (Å²) in [5, 5.41) is 5.89. The number of likely N-dealkylation sites (N-methyl/N-ethyl adjacent to an activating group) is 1. The predicted octanol–water partition coefficient (Wildman–Crippen LogP) is 7.49. The summed E-state index contributed by atoms with van der Waals surface area (Å²) in [7, 11) is 1.62. The number of hydrogen-bond donors (Lipinski definition) is 2. The van der Waals surface area contributed by atoms with Crippen molar-refractivity contribution in [1.29, 1.82) is 0 Å². The van der Waals surface area contributed by atoms with E-state index in [4.69, 9.17) is 4.98 Å². The fourth-order valence-corrected chi connectivity index (χ4v) is 4.72. The number of hydrogen-bond acceptors (Lipinski definition) is 4. The van der Waals surface area contributed by atoms with Gasteiger partial charge in [-0.15, -0.1) is 0 Å². The van der Waals surface area contributed by atoms with Gasteiger partial charge in [-0.2, -0.15) is 4.39 Å². The van der Waals surface area contributed by atoms with E-state index in [1.165, 1.54) is 11.6 Å². The largest absolute Gasteiger partial charge is 0.356 e. The SMILES string of the molecule is CCC/C(=C(/c1ccc(CCCNC/C=C/C(=O)NC)nc1)c1ccc(C)c(/C(F)=N\C(C)CC)c1)c1ccccc1. The molecule has 3 rings (SSSR count). The number of aryl methyl sites for hydroxylation is 2. The van der Waals surface area contributed by atoms with Crippen LogP contribution in [0.15, 0.2) is 84.0 Å². The molecule has 1 heterocycles. The second-order valence-corrected chi connectivity index (χ2v) is 10.5. The number of rotatable bonds is 15. The van der Waals surface area contributed by atoms with Crippen molar-refractivity contribution in [3.63, 3.8) is 0 Å². The summed E-state index contributed by atoms with van der Waals surface area (Å²) in [4.78, 5) is 20.4. The molecule has 0 spiro atoms. The van der Waals surface area contributed by atoms with Gasteiger partial charge in [-0.25, -0.2) is 0 Å². The fraction of sp³-hybridized carbons (Fsp3) is 0.361. The van der Waals surface area contributed by atoms with Crippen molar-refractivity contribution < 1.29 is 9.18 Å². The zero-order valence-electron chi connectivity index (χ0n) is 25.7. The molecule has 0 aliphatic rings. The van der Waals surface area contributed by atoms with Crippen molar-refractivity contribution in [3.05, 3.63) is 113 Å². The van der Waals surface area contributed by atoms with Crippen molar-refractivity contribution in [2.45, 2.75) is 65.8 Å². The van der Waals surface area contributed by atoms with Gasteiger partial charge in [-0.05, 0) is 86.0 Å². The van der Waals surface area contributed by atoms with Crippen LogP contribution in [-0.2, 0) is 11.2 Å². The standard InChI is InChI=1S/C36H45FN4O/c1-6-13-32(28-14-9-8-10-15-28)35(29-19-18-26(3)33(24-29)36(37)41-27(4)7-2)30-20-21-31(40-25-30)16-11-22-39-23-12-17-34(42)38-5/h8-10,12,14-15,17-21,24-25,27,39H,6-7,11,13,16,22-23H2,1-5H3,(H,38,42)/b17-12+,35-32-,41-36+. The van der Waals surface area contributed by atoms with Crippen LogP contribution in [0.25, 0.3) is 11.1 Å². The number of aromatic nitrogens is 1. The number of nitrogens with zero attached hydrogens (tertiary/aromatic N) is 2. The zero-order valence-corrected chi connectivity index (χ0v) is 25.7. The Kier molecular flexibility index (Phi) is 13.3. The van der Waals surface area contributed by atoms with Gasteiger partial charge in [0.05, 0.1) is 6.04 Å². The molecule has 0 saturated carbocycles. The molecule has 0 radical (unpaired) electrons. The third kappa shape index (κ3) is 9.59. The highest BCUT2D eigenvalue weighted by Gasteiger charge is 2.17. The third-order valence-electron chi connectivity index (χ3n) is 7.27. The quantitative estimate of drug-likeness (QED) is 0.0864. The number of halogens is 1. The van der Waals surface area contributed by atoms with Crippen LogP contribution < -0.4 is 10.6 Å². The highest BCUT2D eigenvalue weighted by atomic mass is 19.1. The first kappa shape index (κ1) is 32.6. The number of carbonyl (C=O) groups is 1. The molecular weight excluding hydrogens is 523 g/mol. The van der Waals surface area contributed by atoms with Crippen LogP contribution in [0, 0.1) is 6.92 Å². The molecule has 2 aromatic carbocycles. The molecule has 6 heteroatoms. The fourth-order valence-electron chi connectivity index (χ4n) is 4.72. The van der Waals surface area contributed by atoms with Crippen molar-refractivity contribution in [2.24, 2.45) is 4.99 Å². The molecule has 1 amide bonds. The van der Waals surface area contributed by atoms with E-state index in [9.17, 15) is 4.79 Å². The summed E-state index contributed by atoms with van der Waals surface area (Å²) in [6, 6.07) is 20.6. The molecule has 0 saturated heterocycles. The van der Waals surface area contributed by atoms with Gasteiger partial charge in [-0.3, -0.25) is 14.8 Å². The van der Waals surface area contributed by atoms with E-state index in [1.807, 2.05) is 51.2 Å². The minimum Gasteiger partial charge on any atom is -0.356 e. The van der Waals surface area contributed by atoms with E-state index in [2.05, 4.69) is 65.0 Å². The molecule has 1 unspecified atom stereocenters. The number of nitrogens with one attached hydrogen (secondary N) is 2. The molecule has 1 aromatic heterocycles. The lowest BCUT2D eigenvalue weighted by atomic mass is 9.86. The number of aliphatic imine (C=N–C) groups is 1. The Morgan fingerprint density at radius 3 is 2.48 bits per heavy atom. The topological polar surface area (TPSA) is 66.4 Å². The number of allylic oxidation sites excluding steroid dienone is 1. The lowest BCUT2D eigenvalue weighted by Crippen LogP contribution is -2.18. The summed E-state index contributed by atoms with van der Waals surface area (Å²) in [6.45, 7) is 9.55. The van der Waals surface area contributed by atoms with Crippen molar-refractivity contribution in [2.75, 3.05) is 20.1 Å². The lowest BCUT2D eigenvalue weighted by molar-refractivity contribution is -0.116. The van der Waals surface area contributed by atoms with E-state index < -0.39 is 5.97 Å². The second-order valence-electron chi connectivity index (χ2n) is 10.5. The van der Waals surface area contributed by atoms with Crippen LogP contribution in [0.3, 0.4) is 0 Å². The van der Waals surface area contributed by atoms with Gasteiger partial charge in [0.25, 0.3) is 0 Å². The molecule has 0 fully saturated rings. The molecule has 0 aliphatic carbocycles. The van der Waals surface area contributed by atoms with Crippen molar-refractivity contribution in [1.82, 2.24) is 15.6 Å². The van der Waals surface area contributed by atoms with E-state index in [0.29, 0.717) is 12.1 Å². The first-order valence-corrected chi connectivity index (χ1v) is 15.0. The molecule has 222 valence electrons. The third-order valence-corrected chi connectivity index (χ3v) is 7.27. The Bertz CT molecular complexity index is 1380. The lowest BCUT2D eigenvalue weighted by Gasteiger charge is -2.18. The van der Waals surface area contributed by atoms with Gasteiger partial charge in [0.15, 0.2) is 0 Å². The maximum atomic E-state index is 15.4. The number of amides is 1. The molecule has 2 N–H and O–H groups in total. The molecular formula is C36H45FN4O. The Hall–Kier alpha value is -3.90. The van der Waals surface area contributed by atoms with Gasteiger partial charge < -0.3 is 10.6 Å². The first-order valence-electron chi connectivity index (χ1n) is 15.0.